The van der Waals surface area contributed by atoms with Crippen LogP contribution < -0.4 is 5.32 Å². The van der Waals surface area contributed by atoms with Gasteiger partial charge >= 0.3 is 0 Å². The van der Waals surface area contributed by atoms with Gasteiger partial charge in [0.25, 0.3) is 0 Å². The summed E-state index contributed by atoms with van der Waals surface area (Å²) in [5, 5.41) is 1.52. The first-order valence-corrected chi connectivity index (χ1v) is 6.38. The fourth-order valence-electron chi connectivity index (χ4n) is 1.25. The van der Waals surface area contributed by atoms with Crippen molar-refractivity contribution >= 4 is 29.0 Å². The van der Waals surface area contributed by atoms with Crippen molar-refractivity contribution in [1.29, 1.82) is 0 Å². The quantitative estimate of drug-likeness (QED) is 0.675. The van der Waals surface area contributed by atoms with E-state index in [1.165, 1.54) is 6.92 Å². The maximum atomic E-state index is 11.6. The van der Waals surface area contributed by atoms with Crippen LogP contribution in [-0.2, 0) is 9.59 Å². The molecule has 0 bridgehead atoms. The van der Waals surface area contributed by atoms with E-state index in [0.717, 1.165) is 11.1 Å². The summed E-state index contributed by atoms with van der Waals surface area (Å²) in [5.74, 6) is -0.840. The zero-order valence-corrected chi connectivity index (χ0v) is 12.3. The molecule has 0 aliphatic carbocycles. The lowest BCUT2D eigenvalue weighted by Crippen LogP contribution is -2.29. The Hall–Kier alpha value is -1.35. The number of hydrogen-bond donors (Lipinski definition) is 1. The molecule has 3 nitrogen and oxygen atoms in total. The van der Waals surface area contributed by atoms with Crippen molar-refractivity contribution in [3.8, 4) is 0 Å². The Bertz CT molecular complexity index is 430. The summed E-state index contributed by atoms with van der Waals surface area (Å²) in [4.78, 5) is 22.5. The lowest BCUT2D eigenvalue weighted by Gasteiger charge is -2.11. The molecule has 18 heavy (non-hydrogen) atoms. The van der Waals surface area contributed by atoms with Gasteiger partial charge in [0.1, 0.15) is 0 Å². The summed E-state index contributed by atoms with van der Waals surface area (Å²) in [6, 6.07) is 5.70. The molecular formula is C14H20ClNO2. The van der Waals surface area contributed by atoms with Gasteiger partial charge in [-0.3, -0.25) is 9.59 Å². The molecule has 1 unspecified atom stereocenters. The van der Waals surface area contributed by atoms with E-state index in [2.05, 4.69) is 5.32 Å². The number of carbonyl (C=O) groups is 2. The van der Waals surface area contributed by atoms with Crippen molar-refractivity contribution in [2.45, 2.75) is 40.0 Å². The molecule has 0 saturated carbocycles. The maximum Gasteiger partial charge on any atom is 0.250 e. The molecule has 0 spiro atoms. The average molecular weight is 270 g/mol. The van der Waals surface area contributed by atoms with Gasteiger partial charge in [-0.2, -0.15) is 0 Å². The van der Waals surface area contributed by atoms with Crippen molar-refractivity contribution in [2.75, 3.05) is 5.32 Å². The second kappa shape index (κ2) is 7.88. The number of halogens is 1. The summed E-state index contributed by atoms with van der Waals surface area (Å²) in [6.07, 6.45) is 0. The molecule has 100 valence electrons. The van der Waals surface area contributed by atoms with Gasteiger partial charge in [-0.25, -0.2) is 0 Å². The molecule has 1 aromatic carbocycles. The van der Waals surface area contributed by atoms with Crippen molar-refractivity contribution in [2.24, 2.45) is 0 Å². The van der Waals surface area contributed by atoms with Gasteiger partial charge in [0, 0.05) is 5.69 Å². The summed E-state index contributed by atoms with van der Waals surface area (Å²) in [5.41, 5.74) is 2.66. The summed E-state index contributed by atoms with van der Waals surface area (Å²) in [6.45, 7) is 9.10. The van der Waals surface area contributed by atoms with Crippen LogP contribution in [0.5, 0.6) is 0 Å². The number of anilines is 1. The van der Waals surface area contributed by atoms with Crippen LogP contribution in [-0.4, -0.2) is 17.1 Å². The molecule has 0 fully saturated rings. The van der Waals surface area contributed by atoms with Crippen molar-refractivity contribution < 1.29 is 9.59 Å². The molecule has 0 aliphatic rings. The smallest absolute Gasteiger partial charge is 0.250 e. The summed E-state index contributed by atoms with van der Waals surface area (Å²) in [7, 11) is 0. The number of rotatable bonds is 3. The van der Waals surface area contributed by atoms with Crippen LogP contribution in [0.4, 0.5) is 5.69 Å². The van der Waals surface area contributed by atoms with Crippen LogP contribution in [0.15, 0.2) is 18.2 Å². The number of Topliss-reactive ketones (excluding diaryl/α,β-unsaturated/α-hetero) is 1. The van der Waals surface area contributed by atoms with Crippen LogP contribution in [0, 0.1) is 13.8 Å². The predicted molar refractivity (Wildman–Crippen MR) is 76.2 cm³/mol. The van der Waals surface area contributed by atoms with Crippen molar-refractivity contribution in [3.63, 3.8) is 0 Å². The van der Waals surface area contributed by atoms with Gasteiger partial charge in [-0.1, -0.05) is 26.0 Å². The van der Waals surface area contributed by atoms with E-state index >= 15 is 0 Å². The number of aryl methyl sites for hydroxylation is 2. The minimum Gasteiger partial charge on any atom is -0.324 e. The van der Waals surface area contributed by atoms with Gasteiger partial charge in [0.2, 0.25) is 5.91 Å². The fourth-order valence-corrected chi connectivity index (χ4v) is 1.31. The molecule has 4 heteroatoms. The minimum absolute atomic E-state index is 0.357. The third-order valence-corrected chi connectivity index (χ3v) is 2.74. The Labute approximate surface area is 114 Å². The Morgan fingerprint density at radius 2 is 1.78 bits per heavy atom. The molecule has 1 atom stereocenters. The van der Waals surface area contributed by atoms with E-state index in [-0.39, 0.29) is 5.78 Å². The van der Waals surface area contributed by atoms with Gasteiger partial charge in [0.15, 0.2) is 11.2 Å². The first-order valence-electron chi connectivity index (χ1n) is 5.94. The van der Waals surface area contributed by atoms with E-state index < -0.39 is 11.3 Å². The third kappa shape index (κ3) is 4.88. The second-order valence-corrected chi connectivity index (χ2v) is 4.22. The van der Waals surface area contributed by atoms with Crippen LogP contribution >= 0.6 is 11.6 Å². The Balaban J connectivity index is 0.00000137. The largest absolute Gasteiger partial charge is 0.324 e. The number of alkyl halides is 1. The molecule has 0 aromatic heterocycles. The van der Waals surface area contributed by atoms with Gasteiger partial charge in [-0.15, -0.1) is 11.6 Å². The van der Waals surface area contributed by atoms with Gasteiger partial charge in [-0.05, 0) is 38.0 Å². The Morgan fingerprint density at radius 3 is 2.28 bits per heavy atom. The zero-order valence-electron chi connectivity index (χ0n) is 11.5. The predicted octanol–water partition coefficient (Wildman–Crippen LogP) is 3.46. The number of ketones is 1. The number of amides is 1. The Kier molecular flexibility index (Phi) is 7.29. The number of benzene rings is 1. The van der Waals surface area contributed by atoms with Crippen LogP contribution in [0.3, 0.4) is 0 Å². The SMILES string of the molecule is CC.CC(=O)C(Cl)C(=O)Nc1cc(C)ccc1C. The summed E-state index contributed by atoms with van der Waals surface area (Å²) >= 11 is 5.65. The molecule has 0 heterocycles. The monoisotopic (exact) mass is 269 g/mol. The minimum atomic E-state index is -1.13. The molecular weight excluding hydrogens is 250 g/mol. The molecule has 0 radical (unpaired) electrons. The summed E-state index contributed by atoms with van der Waals surface area (Å²) < 4.78 is 0. The first-order chi connectivity index (χ1) is 8.41. The van der Waals surface area contributed by atoms with E-state index in [1.54, 1.807) is 0 Å². The van der Waals surface area contributed by atoms with Crippen LogP contribution in [0.1, 0.15) is 31.9 Å². The van der Waals surface area contributed by atoms with E-state index in [0.29, 0.717) is 5.69 Å². The fraction of sp³-hybridized carbons (Fsp3) is 0.429. The second-order valence-electron chi connectivity index (χ2n) is 3.78. The highest BCUT2D eigenvalue weighted by atomic mass is 35.5. The van der Waals surface area contributed by atoms with Crippen molar-refractivity contribution in [1.82, 2.24) is 0 Å². The highest BCUT2D eigenvalue weighted by Gasteiger charge is 2.20. The highest BCUT2D eigenvalue weighted by Crippen LogP contribution is 2.17. The lowest BCUT2D eigenvalue weighted by molar-refractivity contribution is -0.123. The number of hydrogen-bond acceptors (Lipinski definition) is 2. The maximum absolute atomic E-state index is 11.6. The highest BCUT2D eigenvalue weighted by molar-refractivity contribution is 6.43. The van der Waals surface area contributed by atoms with E-state index in [9.17, 15) is 9.59 Å². The molecule has 1 aromatic rings. The molecule has 0 aliphatic heterocycles. The standard InChI is InChI=1S/C12H14ClNO2.C2H6/c1-7-4-5-8(2)10(6-7)14-12(16)11(13)9(3)15;1-2/h4-6,11H,1-3H3,(H,14,16);1-2H3. The first kappa shape index (κ1) is 16.6. The zero-order chi connectivity index (χ0) is 14.3. The average Bonchev–Trinajstić information content (AvgIpc) is 2.35. The molecule has 1 rings (SSSR count). The van der Waals surface area contributed by atoms with E-state index in [1.807, 2.05) is 45.9 Å². The normalized spacial score (nSPS) is 11.0. The number of nitrogens with one attached hydrogen (secondary N) is 1. The van der Waals surface area contributed by atoms with Crippen LogP contribution in [0.2, 0.25) is 0 Å². The lowest BCUT2D eigenvalue weighted by atomic mass is 10.1. The third-order valence-electron chi connectivity index (χ3n) is 2.24. The van der Waals surface area contributed by atoms with Gasteiger partial charge < -0.3 is 5.32 Å². The molecule has 1 N–H and O–H groups in total. The Morgan fingerprint density at radius 1 is 1.22 bits per heavy atom. The van der Waals surface area contributed by atoms with E-state index in [4.69, 9.17) is 11.6 Å². The van der Waals surface area contributed by atoms with Gasteiger partial charge in [0.05, 0.1) is 0 Å². The molecule has 0 saturated heterocycles. The van der Waals surface area contributed by atoms with Crippen molar-refractivity contribution in [3.05, 3.63) is 29.3 Å². The van der Waals surface area contributed by atoms with Crippen LogP contribution in [0.25, 0.3) is 0 Å². The number of carbonyl (C=O) groups excluding carboxylic acids is 2. The topological polar surface area (TPSA) is 46.2 Å². The molecule has 1 amide bonds.